The van der Waals surface area contributed by atoms with Crippen LogP contribution in [-0.4, -0.2) is 4.57 Å². The summed E-state index contributed by atoms with van der Waals surface area (Å²) in [7, 11) is 0. The van der Waals surface area contributed by atoms with Crippen LogP contribution >= 0.6 is 15.9 Å². The fourth-order valence-corrected chi connectivity index (χ4v) is 1.78. The smallest absolute Gasteiger partial charge is 0.265 e. The summed E-state index contributed by atoms with van der Waals surface area (Å²) in [6.45, 7) is 2.88. The highest BCUT2D eigenvalue weighted by molar-refractivity contribution is 9.10. The SMILES string of the molecule is Cc1ccc(Br)c(=O)n1CC1CC1. The lowest BCUT2D eigenvalue weighted by Crippen LogP contribution is -2.23. The van der Waals surface area contributed by atoms with Crippen LogP contribution in [-0.2, 0) is 6.54 Å². The number of aryl methyl sites for hydroxylation is 1. The molecule has 1 saturated carbocycles. The molecule has 3 heteroatoms. The number of aromatic nitrogens is 1. The van der Waals surface area contributed by atoms with Gasteiger partial charge in [-0.15, -0.1) is 0 Å². The Morgan fingerprint density at radius 1 is 1.54 bits per heavy atom. The second kappa shape index (κ2) is 3.29. The number of hydrogen-bond donors (Lipinski definition) is 0. The first-order valence-electron chi connectivity index (χ1n) is 4.54. The molecule has 0 aliphatic heterocycles. The molecule has 0 atom stereocenters. The van der Waals surface area contributed by atoms with Crippen LogP contribution < -0.4 is 5.56 Å². The third kappa shape index (κ3) is 1.85. The number of hydrogen-bond acceptors (Lipinski definition) is 1. The molecular formula is C10H12BrNO. The molecule has 0 N–H and O–H groups in total. The third-order valence-corrected chi connectivity index (χ3v) is 3.09. The number of nitrogens with zero attached hydrogens (tertiary/aromatic N) is 1. The van der Waals surface area contributed by atoms with Crippen LogP contribution in [0.4, 0.5) is 0 Å². The summed E-state index contributed by atoms with van der Waals surface area (Å²) < 4.78 is 2.53. The zero-order valence-electron chi connectivity index (χ0n) is 7.59. The number of pyridine rings is 1. The van der Waals surface area contributed by atoms with Crippen LogP contribution in [0.3, 0.4) is 0 Å². The van der Waals surface area contributed by atoms with Crippen molar-refractivity contribution in [2.24, 2.45) is 5.92 Å². The first-order chi connectivity index (χ1) is 6.18. The summed E-state index contributed by atoms with van der Waals surface area (Å²) in [5, 5.41) is 0. The van der Waals surface area contributed by atoms with Crippen molar-refractivity contribution in [2.45, 2.75) is 26.3 Å². The van der Waals surface area contributed by atoms with Crippen LogP contribution in [0.1, 0.15) is 18.5 Å². The first kappa shape index (κ1) is 9.00. The third-order valence-electron chi connectivity index (χ3n) is 2.48. The molecule has 0 radical (unpaired) electrons. The van der Waals surface area contributed by atoms with Crippen molar-refractivity contribution >= 4 is 15.9 Å². The predicted molar refractivity (Wildman–Crippen MR) is 55.9 cm³/mol. The lowest BCUT2D eigenvalue weighted by molar-refractivity contribution is 0.589. The Labute approximate surface area is 85.7 Å². The topological polar surface area (TPSA) is 22.0 Å². The van der Waals surface area contributed by atoms with E-state index in [4.69, 9.17) is 0 Å². The second-order valence-electron chi connectivity index (χ2n) is 3.68. The maximum atomic E-state index is 11.7. The van der Waals surface area contributed by atoms with E-state index < -0.39 is 0 Å². The van der Waals surface area contributed by atoms with Crippen molar-refractivity contribution in [3.63, 3.8) is 0 Å². The van der Waals surface area contributed by atoms with Crippen LogP contribution in [0.15, 0.2) is 21.4 Å². The van der Waals surface area contributed by atoms with Crippen molar-refractivity contribution in [1.29, 1.82) is 0 Å². The van der Waals surface area contributed by atoms with Gasteiger partial charge in [-0.3, -0.25) is 4.79 Å². The molecule has 0 saturated heterocycles. The molecule has 1 aromatic heterocycles. The average Bonchev–Trinajstić information content (AvgIpc) is 2.89. The molecule has 1 aliphatic carbocycles. The molecule has 2 nitrogen and oxygen atoms in total. The lowest BCUT2D eigenvalue weighted by Gasteiger charge is -2.08. The lowest BCUT2D eigenvalue weighted by atomic mass is 10.3. The minimum absolute atomic E-state index is 0.104. The van der Waals surface area contributed by atoms with Gasteiger partial charge in [0.05, 0.1) is 4.47 Å². The Bertz CT molecular complexity index is 379. The second-order valence-corrected chi connectivity index (χ2v) is 4.54. The van der Waals surface area contributed by atoms with E-state index in [0.29, 0.717) is 4.47 Å². The van der Waals surface area contributed by atoms with Crippen molar-refractivity contribution in [2.75, 3.05) is 0 Å². The highest BCUT2D eigenvalue weighted by Gasteiger charge is 2.22. The summed E-state index contributed by atoms with van der Waals surface area (Å²) >= 11 is 3.26. The molecule has 1 fully saturated rings. The van der Waals surface area contributed by atoms with Gasteiger partial charge in [0.2, 0.25) is 0 Å². The van der Waals surface area contributed by atoms with E-state index in [-0.39, 0.29) is 5.56 Å². The minimum Gasteiger partial charge on any atom is -0.312 e. The maximum Gasteiger partial charge on any atom is 0.265 e. The van der Waals surface area contributed by atoms with Gasteiger partial charge in [-0.1, -0.05) is 0 Å². The van der Waals surface area contributed by atoms with Gasteiger partial charge in [-0.2, -0.15) is 0 Å². The molecule has 0 spiro atoms. The zero-order chi connectivity index (χ0) is 9.42. The monoisotopic (exact) mass is 241 g/mol. The Balaban J connectivity index is 2.40. The largest absolute Gasteiger partial charge is 0.312 e. The Morgan fingerprint density at radius 2 is 2.23 bits per heavy atom. The Morgan fingerprint density at radius 3 is 2.85 bits per heavy atom. The molecule has 0 aromatic carbocycles. The van der Waals surface area contributed by atoms with Crippen LogP contribution in [0.2, 0.25) is 0 Å². The highest BCUT2D eigenvalue weighted by atomic mass is 79.9. The fraction of sp³-hybridized carbons (Fsp3) is 0.500. The molecule has 2 rings (SSSR count). The van der Waals surface area contributed by atoms with Gasteiger partial charge in [0.15, 0.2) is 0 Å². The van der Waals surface area contributed by atoms with Crippen LogP contribution in [0.25, 0.3) is 0 Å². The van der Waals surface area contributed by atoms with E-state index in [1.54, 1.807) is 0 Å². The molecule has 70 valence electrons. The van der Waals surface area contributed by atoms with E-state index in [1.165, 1.54) is 12.8 Å². The van der Waals surface area contributed by atoms with Crippen molar-refractivity contribution in [3.05, 3.63) is 32.7 Å². The van der Waals surface area contributed by atoms with E-state index in [0.717, 1.165) is 18.2 Å². The zero-order valence-corrected chi connectivity index (χ0v) is 9.17. The molecule has 13 heavy (non-hydrogen) atoms. The van der Waals surface area contributed by atoms with Gasteiger partial charge in [-0.05, 0) is 53.7 Å². The molecule has 0 amide bonds. The van der Waals surface area contributed by atoms with Crippen molar-refractivity contribution in [3.8, 4) is 0 Å². The molecule has 0 unspecified atom stereocenters. The van der Waals surface area contributed by atoms with E-state index >= 15 is 0 Å². The van der Waals surface area contributed by atoms with Gasteiger partial charge in [0, 0.05) is 12.2 Å². The van der Waals surface area contributed by atoms with Gasteiger partial charge in [-0.25, -0.2) is 0 Å². The minimum atomic E-state index is 0.104. The normalized spacial score (nSPS) is 16.2. The summed E-state index contributed by atoms with van der Waals surface area (Å²) in [5.74, 6) is 0.741. The van der Waals surface area contributed by atoms with E-state index in [2.05, 4.69) is 15.9 Å². The predicted octanol–water partition coefficient (Wildman–Crippen LogP) is 2.33. The number of rotatable bonds is 2. The van der Waals surface area contributed by atoms with Gasteiger partial charge in [0.25, 0.3) is 5.56 Å². The maximum absolute atomic E-state index is 11.7. The summed E-state index contributed by atoms with van der Waals surface area (Å²) in [5.41, 5.74) is 1.16. The fourth-order valence-electron chi connectivity index (χ4n) is 1.43. The van der Waals surface area contributed by atoms with Crippen molar-refractivity contribution < 1.29 is 0 Å². The summed E-state index contributed by atoms with van der Waals surface area (Å²) in [6, 6.07) is 3.80. The molecule has 1 aliphatic rings. The molecule has 0 bridgehead atoms. The average molecular weight is 242 g/mol. The van der Waals surface area contributed by atoms with Gasteiger partial charge >= 0.3 is 0 Å². The van der Waals surface area contributed by atoms with Gasteiger partial charge < -0.3 is 4.57 Å². The molecule has 1 aromatic rings. The summed E-state index contributed by atoms with van der Waals surface area (Å²) in [4.78, 5) is 11.7. The first-order valence-corrected chi connectivity index (χ1v) is 5.33. The summed E-state index contributed by atoms with van der Waals surface area (Å²) in [6.07, 6.45) is 2.55. The van der Waals surface area contributed by atoms with E-state index in [9.17, 15) is 4.79 Å². The highest BCUT2D eigenvalue weighted by Crippen LogP contribution is 2.30. The van der Waals surface area contributed by atoms with Crippen molar-refractivity contribution in [1.82, 2.24) is 4.57 Å². The molecule has 1 heterocycles. The van der Waals surface area contributed by atoms with Crippen LogP contribution in [0, 0.1) is 12.8 Å². The standard InChI is InChI=1S/C10H12BrNO/c1-7-2-5-9(11)10(13)12(7)6-8-3-4-8/h2,5,8H,3-4,6H2,1H3. The van der Waals surface area contributed by atoms with Gasteiger partial charge in [0.1, 0.15) is 0 Å². The Kier molecular flexibility index (Phi) is 2.28. The van der Waals surface area contributed by atoms with Crippen LogP contribution in [0.5, 0.6) is 0 Å². The Hall–Kier alpha value is -0.570. The quantitative estimate of drug-likeness (QED) is 0.780. The number of halogens is 1. The van der Waals surface area contributed by atoms with E-state index in [1.807, 2.05) is 23.6 Å². The molecular weight excluding hydrogens is 230 g/mol.